The molecule has 1 rings (SSSR count). The molecule has 0 spiro atoms. The normalized spacial score (nSPS) is 10.7. The molecule has 0 aliphatic rings. The van der Waals surface area contributed by atoms with E-state index in [2.05, 4.69) is 16.6 Å². The van der Waals surface area contributed by atoms with Crippen molar-refractivity contribution in [1.82, 2.24) is 0 Å². The Morgan fingerprint density at radius 3 is 2.72 bits per heavy atom. The molecule has 3 nitrogen and oxygen atoms in total. The number of rotatable bonds is 4. The largest absolute Gasteiger partial charge is 0.468 e. The number of ether oxygens (including phenoxy) is 2. The van der Waals surface area contributed by atoms with Gasteiger partial charge in [0.2, 0.25) is 0 Å². The van der Waals surface area contributed by atoms with Gasteiger partial charge in [-0.2, -0.15) is 13.2 Å². The van der Waals surface area contributed by atoms with Crippen molar-refractivity contribution in [2.45, 2.75) is 6.18 Å². The third-order valence-electron chi connectivity index (χ3n) is 1.72. The Labute approximate surface area is 102 Å². The summed E-state index contributed by atoms with van der Waals surface area (Å²) in [5, 5.41) is 8.52. The molecule has 0 heterocycles. The van der Waals surface area contributed by atoms with E-state index in [1.54, 1.807) is 24.3 Å². The molecule has 0 aliphatic heterocycles. The van der Waals surface area contributed by atoms with Crippen LogP contribution in [0.3, 0.4) is 0 Å². The monoisotopic (exact) mass is 260 g/mol. The molecule has 0 saturated heterocycles. The molecule has 0 unspecified atom stereocenters. The van der Waals surface area contributed by atoms with Gasteiger partial charge in [-0.1, -0.05) is 17.9 Å². The van der Waals surface area contributed by atoms with Gasteiger partial charge in [-0.25, -0.2) is 0 Å². The molecule has 1 N–H and O–H groups in total. The molecule has 98 valence electrons. The van der Waals surface area contributed by atoms with Gasteiger partial charge >= 0.3 is 6.18 Å². The lowest BCUT2D eigenvalue weighted by molar-refractivity contribution is -0.186. The van der Waals surface area contributed by atoms with Gasteiger partial charge in [0.05, 0.1) is 0 Å². The smallest absolute Gasteiger partial charge is 0.411 e. The van der Waals surface area contributed by atoms with Gasteiger partial charge in [0.25, 0.3) is 0 Å². The highest BCUT2D eigenvalue weighted by Crippen LogP contribution is 2.15. The zero-order chi connectivity index (χ0) is 13.4. The van der Waals surface area contributed by atoms with Crippen LogP contribution in [0.1, 0.15) is 5.56 Å². The second-order valence-corrected chi connectivity index (χ2v) is 3.21. The Hall–Kier alpha value is -1.71. The van der Waals surface area contributed by atoms with Crippen LogP contribution in [0.15, 0.2) is 24.3 Å². The van der Waals surface area contributed by atoms with E-state index in [-0.39, 0.29) is 6.61 Å². The number of hydrogen-bond donors (Lipinski definition) is 1. The molecule has 1 aromatic carbocycles. The van der Waals surface area contributed by atoms with E-state index in [0.29, 0.717) is 11.3 Å². The van der Waals surface area contributed by atoms with Crippen molar-refractivity contribution >= 4 is 0 Å². The summed E-state index contributed by atoms with van der Waals surface area (Å²) < 4.78 is 44.6. The first-order valence-electron chi connectivity index (χ1n) is 4.98. The molecular weight excluding hydrogens is 249 g/mol. The number of alkyl halides is 3. The van der Waals surface area contributed by atoms with Gasteiger partial charge in [0, 0.05) is 5.56 Å². The lowest BCUT2D eigenvalue weighted by Crippen LogP contribution is -2.19. The second-order valence-electron chi connectivity index (χ2n) is 3.21. The molecule has 0 atom stereocenters. The highest BCUT2D eigenvalue weighted by Gasteiger charge is 2.27. The summed E-state index contributed by atoms with van der Waals surface area (Å²) in [7, 11) is 0. The van der Waals surface area contributed by atoms with Crippen LogP contribution in [0.5, 0.6) is 5.75 Å². The molecule has 1 aromatic rings. The molecule has 0 radical (unpaired) electrons. The summed E-state index contributed by atoms with van der Waals surface area (Å²) in [6, 6.07) is 6.44. The van der Waals surface area contributed by atoms with Crippen LogP contribution >= 0.6 is 0 Å². The quantitative estimate of drug-likeness (QED) is 0.511. The third-order valence-corrected chi connectivity index (χ3v) is 1.72. The van der Waals surface area contributed by atoms with E-state index < -0.39 is 19.6 Å². The summed E-state index contributed by atoms with van der Waals surface area (Å²) in [6.07, 6.45) is -4.36. The Bertz CT molecular complexity index is 432. The molecule has 18 heavy (non-hydrogen) atoms. The summed E-state index contributed by atoms with van der Waals surface area (Å²) in [5.74, 6) is 5.45. The fraction of sp³-hybridized carbons (Fsp3) is 0.333. The van der Waals surface area contributed by atoms with Gasteiger partial charge in [-0.15, -0.1) is 0 Å². The lowest BCUT2D eigenvalue weighted by atomic mass is 10.2. The van der Waals surface area contributed by atoms with Crippen LogP contribution in [-0.4, -0.2) is 31.3 Å². The van der Waals surface area contributed by atoms with Crippen molar-refractivity contribution in [3.05, 3.63) is 29.8 Å². The second kappa shape index (κ2) is 6.89. The fourth-order valence-electron chi connectivity index (χ4n) is 1.07. The minimum absolute atomic E-state index is 0.264. The first kappa shape index (κ1) is 14.4. The van der Waals surface area contributed by atoms with Gasteiger partial charge < -0.3 is 14.6 Å². The molecule has 6 heteroatoms. The zero-order valence-corrected chi connectivity index (χ0v) is 9.33. The van der Waals surface area contributed by atoms with Crippen molar-refractivity contribution in [3.63, 3.8) is 0 Å². The topological polar surface area (TPSA) is 38.7 Å². The number of halogens is 3. The Kier molecular flexibility index (Phi) is 5.49. The first-order chi connectivity index (χ1) is 8.51. The van der Waals surface area contributed by atoms with Crippen molar-refractivity contribution in [2.24, 2.45) is 0 Å². The van der Waals surface area contributed by atoms with Crippen LogP contribution < -0.4 is 4.74 Å². The first-order valence-corrected chi connectivity index (χ1v) is 4.98. The maximum atomic E-state index is 11.8. The Morgan fingerprint density at radius 2 is 2.06 bits per heavy atom. The van der Waals surface area contributed by atoms with E-state index in [4.69, 9.17) is 9.84 Å². The number of hydrogen-bond acceptors (Lipinski definition) is 3. The molecular formula is C12H11F3O3. The molecule has 0 amide bonds. The molecule has 0 saturated carbocycles. The maximum Gasteiger partial charge on any atom is 0.411 e. The van der Waals surface area contributed by atoms with Gasteiger partial charge in [0.15, 0.2) is 6.79 Å². The molecule has 0 fully saturated rings. The van der Waals surface area contributed by atoms with E-state index in [9.17, 15) is 13.2 Å². The maximum absolute atomic E-state index is 11.8. The molecule has 0 aliphatic carbocycles. The summed E-state index contributed by atoms with van der Waals surface area (Å²) in [5.41, 5.74) is 0.595. The van der Waals surface area contributed by atoms with Crippen LogP contribution in [-0.2, 0) is 4.74 Å². The van der Waals surface area contributed by atoms with Crippen LogP contribution in [0, 0.1) is 11.8 Å². The van der Waals surface area contributed by atoms with E-state index >= 15 is 0 Å². The van der Waals surface area contributed by atoms with E-state index in [1.807, 2.05) is 0 Å². The minimum atomic E-state index is -4.36. The summed E-state index contributed by atoms with van der Waals surface area (Å²) in [4.78, 5) is 0. The van der Waals surface area contributed by atoms with Gasteiger partial charge in [0.1, 0.15) is 19.0 Å². The SMILES string of the molecule is OCC#Cc1cccc(OCOCC(F)(F)F)c1. The lowest BCUT2D eigenvalue weighted by Gasteiger charge is -2.09. The average Bonchev–Trinajstić information content (AvgIpc) is 2.31. The van der Waals surface area contributed by atoms with E-state index in [1.165, 1.54) is 0 Å². The average molecular weight is 260 g/mol. The van der Waals surface area contributed by atoms with Crippen LogP contribution in [0.4, 0.5) is 13.2 Å². The third kappa shape index (κ3) is 6.13. The van der Waals surface area contributed by atoms with Crippen LogP contribution in [0.25, 0.3) is 0 Å². The van der Waals surface area contributed by atoms with Gasteiger partial charge in [-0.3, -0.25) is 0 Å². The molecule has 0 aromatic heterocycles. The zero-order valence-electron chi connectivity index (χ0n) is 9.33. The van der Waals surface area contributed by atoms with Crippen molar-refractivity contribution in [1.29, 1.82) is 0 Å². The fourth-order valence-corrected chi connectivity index (χ4v) is 1.07. The summed E-state index contributed by atoms with van der Waals surface area (Å²) in [6.45, 7) is -2.10. The van der Waals surface area contributed by atoms with Crippen molar-refractivity contribution in [3.8, 4) is 17.6 Å². The number of aliphatic hydroxyl groups excluding tert-OH is 1. The number of benzene rings is 1. The minimum Gasteiger partial charge on any atom is -0.468 e. The van der Waals surface area contributed by atoms with Crippen molar-refractivity contribution < 1.29 is 27.8 Å². The Morgan fingerprint density at radius 1 is 1.28 bits per heavy atom. The summed E-state index contributed by atoms with van der Waals surface area (Å²) >= 11 is 0. The Balaban J connectivity index is 2.43. The predicted molar refractivity (Wildman–Crippen MR) is 57.9 cm³/mol. The highest BCUT2D eigenvalue weighted by atomic mass is 19.4. The highest BCUT2D eigenvalue weighted by molar-refractivity contribution is 5.39. The van der Waals surface area contributed by atoms with Crippen LogP contribution in [0.2, 0.25) is 0 Å². The van der Waals surface area contributed by atoms with Gasteiger partial charge in [-0.05, 0) is 18.2 Å². The molecule has 0 bridgehead atoms. The number of aliphatic hydroxyl groups is 1. The van der Waals surface area contributed by atoms with Crippen molar-refractivity contribution in [2.75, 3.05) is 20.0 Å². The standard InChI is InChI=1S/C12H11F3O3/c13-12(14,15)8-17-9-18-11-5-1-3-10(7-11)4-2-6-16/h1,3,5,7,16H,6,8-9H2. The predicted octanol–water partition coefficient (Wildman–Crippen LogP) is 1.95. The van der Waals surface area contributed by atoms with E-state index in [0.717, 1.165) is 0 Å².